The van der Waals surface area contributed by atoms with E-state index >= 15 is 0 Å². The van der Waals surface area contributed by atoms with Crippen molar-refractivity contribution in [3.63, 3.8) is 0 Å². The number of hydrogen-bond acceptors (Lipinski definition) is 10. The van der Waals surface area contributed by atoms with Crippen LogP contribution in [0.3, 0.4) is 0 Å². The molecule has 0 saturated heterocycles. The second kappa shape index (κ2) is 29.2. The van der Waals surface area contributed by atoms with E-state index in [9.17, 15) is 19.5 Å². The summed E-state index contributed by atoms with van der Waals surface area (Å²) in [6.07, 6.45) is 21.1. The highest BCUT2D eigenvalue weighted by Gasteiger charge is 2.62. The first-order valence-electron chi connectivity index (χ1n) is 53.6. The second-order valence-electron chi connectivity index (χ2n) is 37.8. The van der Waals surface area contributed by atoms with Crippen molar-refractivity contribution in [2.75, 3.05) is 0 Å². The van der Waals surface area contributed by atoms with Crippen LogP contribution in [0.4, 0.5) is 0 Å². The Morgan fingerprint density at radius 3 is 1.34 bits per heavy atom. The maximum atomic E-state index is 12.1. The van der Waals surface area contributed by atoms with Gasteiger partial charge >= 0.3 is 11.9 Å². The largest absolute Gasteiger partial charge is 0.462 e. The summed E-state index contributed by atoms with van der Waals surface area (Å²) in [5.74, 6) is 2.01. The van der Waals surface area contributed by atoms with Gasteiger partial charge in [-0.15, -0.1) is 0 Å². The normalized spacial score (nSPS) is 46.5. The minimum absolute atomic E-state index is 0.00417. The van der Waals surface area contributed by atoms with Crippen molar-refractivity contribution >= 4 is 40.0 Å². The minimum Gasteiger partial charge on any atom is -0.462 e. The SMILES string of the molecule is [2H]C1=C(c2c([2H])nc([2H])c([2H])c2[2H])[C@@]2(C)CCC3C(CC([2H])C4=CC(=O)CC[C@@]43C)C2C1.[2H]C1=C2C[C@@H](O)CC[C@]2(C)C2CC[C@]3(C)C(c4c([2H])nc([2H])c([2H])c4[2H])=C([2H])CC3C2C1.[2H]C1=C2C[C@@H](OC(C)=O)CC[C@]2(C)C2CC[C@]3(C)C(c4c([2H])nc([2H])c([2H])c4[2H])=C([2H])C([2H])([2H])C3C2C1.[2H]c1nc([2H])c(C2=CCC3C4CC=C5C[C@@H](OC(C)=O)CC[C@]5(C)C4CC[C@]23C)c([2H])c1[2H]. The third-order valence-corrected chi connectivity index (χ3v) is 32.8. The summed E-state index contributed by atoms with van der Waals surface area (Å²) >= 11 is 0. The average Bonchev–Trinajstić information content (AvgIpc) is 1.54. The molecular weight excluding hydrogens is 1350 g/mol. The van der Waals surface area contributed by atoms with Crippen LogP contribution in [0.5, 0.6) is 0 Å². The lowest BCUT2D eigenvalue weighted by Gasteiger charge is -2.57. The summed E-state index contributed by atoms with van der Waals surface area (Å²) in [7, 11) is 0. The predicted molar refractivity (Wildman–Crippen MR) is 439 cm³/mol. The molecule has 20 rings (SSSR count). The fraction of sp³-hybridized carbons (Fsp3) is 0.610. The number of aliphatic hydroxyl groups excluding tert-OH is 1. The molecule has 4 heterocycles. The van der Waals surface area contributed by atoms with Crippen LogP contribution in [-0.4, -0.2) is 61.1 Å². The van der Waals surface area contributed by atoms with Crippen molar-refractivity contribution in [1.82, 2.24) is 19.9 Å². The van der Waals surface area contributed by atoms with E-state index in [-0.39, 0.29) is 212 Å². The van der Waals surface area contributed by atoms with Gasteiger partial charge in [0.15, 0.2) is 5.78 Å². The summed E-state index contributed by atoms with van der Waals surface area (Å²) in [5, 5.41) is 10.2. The highest BCUT2D eigenvalue weighted by Crippen LogP contribution is 2.72. The maximum Gasteiger partial charge on any atom is 0.302 e. The van der Waals surface area contributed by atoms with E-state index in [1.54, 1.807) is 6.08 Å². The molecule has 582 valence electrons. The standard InChI is InChI=1S/2C26H33NO2.C24H31NO.C24H29NO/c2*1-17(28)29-20-10-12-25(2)19(15-20)6-7-21-23-9-8-22(18-5-4-14-27-16-18)26(23,3)13-11-24(21)25;2*1-23-11-9-18(26)14-17(23)5-6-19-21-8-7-20(16-4-3-13-25-15-16)24(21,2)12-10-22(19)23/h2*4-6,8,14,16,20-21,23-24H,7,9-13,15H2,1-3H3;3-5,7,13,15,18-19,21-22,26H,6,8-12,14H2,1-2H3;3-4,7,13-15,19,21-22H,5-6,8-12H2,1-2H3/t2*20-,21?,23?,24?,25-,26+;18-,19?,21?,22?,23-,24+;19?,21?,22?,23-,24+/m0000/s1/i4D,5D,6D,8D,9D2,14D,16D;4D,5D,14D,16D;2*3D,4D,5D,7D,13D,15D/t3m;5?,19?,21?,22?,23-,24+. The molecule has 110 heavy (non-hydrogen) atoms. The zero-order valence-corrected chi connectivity index (χ0v) is 66.1. The Morgan fingerprint density at radius 2 is 0.809 bits per heavy atom. The van der Waals surface area contributed by atoms with Gasteiger partial charge in [0.25, 0.3) is 0 Å². The van der Waals surface area contributed by atoms with Crippen LogP contribution in [-0.2, 0) is 23.9 Å². The summed E-state index contributed by atoms with van der Waals surface area (Å²) in [6.45, 7) is 20.4. The van der Waals surface area contributed by atoms with E-state index in [4.69, 9.17) is 42.4 Å². The quantitative estimate of drug-likeness (QED) is 0.146. The third-order valence-electron chi connectivity index (χ3n) is 32.8. The van der Waals surface area contributed by atoms with Gasteiger partial charge in [-0.2, -0.15) is 0 Å². The number of pyridine rings is 4. The number of carbonyl (C=O) groups excluding carboxylic acids is 3. The van der Waals surface area contributed by atoms with Crippen molar-refractivity contribution in [2.24, 2.45) is 114 Å². The van der Waals surface area contributed by atoms with Gasteiger partial charge in [0, 0.05) is 86.6 Å². The molecule has 1 N–H and O–H groups in total. The lowest BCUT2D eigenvalue weighted by molar-refractivity contribution is -0.149. The molecular formula is C100H126N4O6. The van der Waals surface area contributed by atoms with Crippen molar-refractivity contribution in [2.45, 2.75) is 267 Å². The number of esters is 2. The molecule has 10 heteroatoms. The molecule has 0 radical (unpaired) electrons. The Hall–Kier alpha value is -6.91. The van der Waals surface area contributed by atoms with Gasteiger partial charge in [-0.25, -0.2) is 0 Å². The predicted octanol–water partition coefficient (Wildman–Crippen LogP) is 22.9. The minimum atomic E-state index is -2.04. The third kappa shape index (κ3) is 12.8. The van der Waals surface area contributed by atoms with Crippen LogP contribution in [0, 0.1) is 114 Å². The number of aliphatic hydroxyl groups is 1. The van der Waals surface area contributed by atoms with Crippen molar-refractivity contribution in [3.8, 4) is 0 Å². The van der Waals surface area contributed by atoms with E-state index in [1.165, 1.54) is 19.4 Å². The molecule has 8 saturated carbocycles. The van der Waals surface area contributed by atoms with Crippen molar-refractivity contribution in [3.05, 3.63) is 191 Å². The van der Waals surface area contributed by atoms with Crippen molar-refractivity contribution < 1.29 is 61.9 Å². The number of carbonyl (C=O) groups is 3. The Bertz CT molecular complexity index is 5910. The Labute approximate surface area is 691 Å². The van der Waals surface area contributed by atoms with Crippen LogP contribution in [0.1, 0.15) is 304 Å². The van der Waals surface area contributed by atoms with E-state index in [0.717, 1.165) is 125 Å². The number of hydrogen-bond donors (Lipinski definition) is 1. The van der Waals surface area contributed by atoms with E-state index < -0.39 is 47.1 Å². The molecule has 0 aromatic carbocycles. The molecule has 8 fully saturated rings. The number of aromatic nitrogens is 4. The number of allylic oxidation sites excluding steroid dienone is 13. The smallest absolute Gasteiger partial charge is 0.302 e. The van der Waals surface area contributed by atoms with E-state index in [2.05, 4.69) is 80.6 Å². The molecule has 4 aromatic rings. The Kier molecular flexibility index (Phi) is 13.9. The average molecular weight is 1500 g/mol. The molecule has 13 unspecified atom stereocenters. The molecule has 16 aliphatic rings. The van der Waals surface area contributed by atoms with Crippen molar-refractivity contribution in [1.29, 1.82) is 0 Å². The molecule has 0 amide bonds. The maximum absolute atomic E-state index is 12.1. The number of nitrogens with zero attached hydrogens (tertiary/aromatic N) is 4. The van der Waals surface area contributed by atoms with Gasteiger partial charge in [0.1, 0.15) is 12.2 Å². The lowest BCUT2D eigenvalue weighted by atomic mass is 9.46. The number of fused-ring (bicyclic) bond motifs is 20. The molecule has 24 atom stereocenters. The highest BCUT2D eigenvalue weighted by molar-refractivity contribution is 5.91. The number of ether oxygens (including phenoxy) is 2. The molecule has 0 spiro atoms. The summed E-state index contributed by atoms with van der Waals surface area (Å²) in [5.41, 5.74) is 5.92. The van der Waals surface area contributed by atoms with E-state index in [1.807, 2.05) is 6.92 Å². The monoisotopic (exact) mass is 1500 g/mol. The zero-order valence-electron chi connectivity index (χ0n) is 90.1. The van der Waals surface area contributed by atoms with Gasteiger partial charge in [-0.1, -0.05) is 144 Å². The number of rotatable bonds is 6. The summed E-state index contributed by atoms with van der Waals surface area (Å²) in [4.78, 5) is 50.7. The Balaban J connectivity index is 0.000000125. The van der Waals surface area contributed by atoms with Gasteiger partial charge in [0.2, 0.25) is 0 Å². The van der Waals surface area contributed by atoms with Crippen LogP contribution in [0.25, 0.3) is 22.3 Å². The van der Waals surface area contributed by atoms with Gasteiger partial charge in [0.05, 0.1) is 34.9 Å². The van der Waals surface area contributed by atoms with Crippen LogP contribution < -0.4 is 0 Å². The van der Waals surface area contributed by atoms with E-state index in [0.29, 0.717) is 135 Å². The van der Waals surface area contributed by atoms with Gasteiger partial charge < -0.3 is 14.6 Å². The first kappa shape index (κ1) is 52.5. The number of ketones is 1. The van der Waals surface area contributed by atoms with Crippen LogP contribution >= 0.6 is 0 Å². The highest BCUT2D eigenvalue weighted by atomic mass is 16.5. The molecule has 16 aliphatic carbocycles. The topological polar surface area (TPSA) is 141 Å². The first-order chi connectivity index (χ1) is 62.7. The lowest BCUT2D eigenvalue weighted by Crippen LogP contribution is -2.50. The fourth-order valence-corrected chi connectivity index (χ4v) is 26.9. The second-order valence-corrected chi connectivity index (χ2v) is 37.8. The molecule has 4 aromatic heterocycles. The summed E-state index contributed by atoms with van der Waals surface area (Å²) < 4.78 is 213. The fourth-order valence-electron chi connectivity index (χ4n) is 26.9. The molecule has 0 aliphatic heterocycles. The zero-order chi connectivity index (χ0) is 97.3. The summed E-state index contributed by atoms with van der Waals surface area (Å²) in [6, 6.07) is -0.245. The van der Waals surface area contributed by atoms with Crippen LogP contribution in [0.15, 0.2) is 169 Å². The van der Waals surface area contributed by atoms with Gasteiger partial charge in [-0.05, 0) is 350 Å². The Morgan fingerprint density at radius 1 is 0.409 bits per heavy atom. The molecule has 10 nitrogen and oxygen atoms in total. The van der Waals surface area contributed by atoms with Crippen LogP contribution in [0.2, 0.25) is 0 Å². The first-order valence-corrected chi connectivity index (χ1v) is 41.6. The van der Waals surface area contributed by atoms with Gasteiger partial charge in [-0.3, -0.25) is 34.3 Å². The molecule has 0 bridgehead atoms.